The first-order valence-corrected chi connectivity index (χ1v) is 8.46. The highest BCUT2D eigenvalue weighted by Gasteiger charge is 2.50. The van der Waals surface area contributed by atoms with E-state index in [0.29, 0.717) is 21.7 Å². The molecule has 0 spiro atoms. The number of hydrogen-bond acceptors (Lipinski definition) is 5. The van der Waals surface area contributed by atoms with Gasteiger partial charge in [0.2, 0.25) is 5.60 Å². The van der Waals surface area contributed by atoms with Crippen molar-refractivity contribution in [2.45, 2.75) is 18.6 Å². The van der Waals surface area contributed by atoms with Crippen molar-refractivity contribution in [3.63, 3.8) is 0 Å². The lowest BCUT2D eigenvalue weighted by molar-refractivity contribution is -0.154. The van der Waals surface area contributed by atoms with Gasteiger partial charge in [-0.1, -0.05) is 48.0 Å². The Labute approximate surface area is 160 Å². The summed E-state index contributed by atoms with van der Waals surface area (Å²) >= 11 is 6.00. The topological polar surface area (TPSA) is 99.4 Å². The second-order valence-corrected chi connectivity index (χ2v) is 6.54. The SMILES string of the molecule is COC(=O)C1(O)Cc2cc(Cl)ccc2/C1=N\N(Cc1ccccc1)C(=O)O. The molecule has 0 saturated heterocycles. The second kappa shape index (κ2) is 7.38. The zero-order valence-electron chi connectivity index (χ0n) is 14.4. The summed E-state index contributed by atoms with van der Waals surface area (Å²) in [5.74, 6) is -0.918. The Bertz CT molecular complexity index is 916. The van der Waals surface area contributed by atoms with Gasteiger partial charge >= 0.3 is 12.1 Å². The van der Waals surface area contributed by atoms with Crippen LogP contribution in [0.2, 0.25) is 5.02 Å². The van der Waals surface area contributed by atoms with E-state index in [9.17, 15) is 19.8 Å². The molecule has 0 aromatic heterocycles. The Kier molecular flexibility index (Phi) is 5.16. The summed E-state index contributed by atoms with van der Waals surface area (Å²) in [7, 11) is 1.15. The molecule has 0 heterocycles. The molecule has 1 aliphatic rings. The van der Waals surface area contributed by atoms with Crippen molar-refractivity contribution < 1.29 is 24.5 Å². The van der Waals surface area contributed by atoms with Gasteiger partial charge < -0.3 is 14.9 Å². The van der Waals surface area contributed by atoms with Crippen LogP contribution < -0.4 is 0 Å². The molecule has 0 bridgehead atoms. The summed E-state index contributed by atoms with van der Waals surface area (Å²) in [5.41, 5.74) is -0.433. The number of benzene rings is 2. The van der Waals surface area contributed by atoms with Gasteiger partial charge in [0, 0.05) is 17.0 Å². The summed E-state index contributed by atoms with van der Waals surface area (Å²) < 4.78 is 4.72. The number of methoxy groups -OCH3 is 1. The van der Waals surface area contributed by atoms with Crippen LogP contribution in [0, 0.1) is 0 Å². The third-order valence-corrected chi connectivity index (χ3v) is 4.54. The largest absolute Gasteiger partial charge is 0.467 e. The first-order valence-electron chi connectivity index (χ1n) is 8.08. The van der Waals surface area contributed by atoms with Gasteiger partial charge in [0.05, 0.1) is 13.7 Å². The molecule has 3 rings (SSSR count). The van der Waals surface area contributed by atoms with Crippen LogP contribution in [-0.4, -0.2) is 45.7 Å². The molecule has 2 aromatic rings. The van der Waals surface area contributed by atoms with Crippen molar-refractivity contribution in [2.24, 2.45) is 5.10 Å². The van der Waals surface area contributed by atoms with Gasteiger partial charge in [0.1, 0.15) is 5.71 Å². The van der Waals surface area contributed by atoms with Gasteiger partial charge in [0.25, 0.3) is 0 Å². The Morgan fingerprint density at radius 2 is 1.96 bits per heavy atom. The number of hydrogen-bond donors (Lipinski definition) is 2. The molecule has 0 aliphatic heterocycles. The Hall–Kier alpha value is -2.90. The average Bonchev–Trinajstić information content (AvgIpc) is 2.93. The zero-order valence-corrected chi connectivity index (χ0v) is 15.2. The smallest absolute Gasteiger partial charge is 0.428 e. The highest BCUT2D eigenvalue weighted by molar-refractivity contribution is 6.31. The average molecular weight is 389 g/mol. The third kappa shape index (κ3) is 3.65. The summed E-state index contributed by atoms with van der Waals surface area (Å²) in [6, 6.07) is 13.7. The predicted octanol–water partition coefficient (Wildman–Crippen LogP) is 2.68. The van der Waals surface area contributed by atoms with Crippen LogP contribution in [0.5, 0.6) is 0 Å². The number of aliphatic hydroxyl groups is 1. The van der Waals surface area contributed by atoms with E-state index >= 15 is 0 Å². The van der Waals surface area contributed by atoms with Crippen LogP contribution in [0.3, 0.4) is 0 Å². The van der Waals surface area contributed by atoms with Gasteiger partial charge in [0.15, 0.2) is 0 Å². The number of ether oxygens (including phenoxy) is 1. The number of fused-ring (bicyclic) bond motifs is 1. The monoisotopic (exact) mass is 388 g/mol. The molecule has 1 atom stereocenters. The van der Waals surface area contributed by atoms with Crippen molar-refractivity contribution in [3.8, 4) is 0 Å². The fraction of sp³-hybridized carbons (Fsp3) is 0.211. The minimum Gasteiger partial charge on any atom is -0.467 e. The number of carboxylic acid groups (broad SMARTS) is 1. The first kappa shape index (κ1) is 18.9. The van der Waals surface area contributed by atoms with Crippen LogP contribution in [0.1, 0.15) is 16.7 Å². The van der Waals surface area contributed by atoms with E-state index in [2.05, 4.69) is 5.10 Å². The van der Waals surface area contributed by atoms with Gasteiger partial charge in [-0.3, -0.25) is 0 Å². The minimum absolute atomic E-state index is 0.0418. The Morgan fingerprint density at radius 1 is 1.26 bits per heavy atom. The van der Waals surface area contributed by atoms with Gasteiger partial charge in [-0.05, 0) is 23.3 Å². The maximum Gasteiger partial charge on any atom is 0.428 e. The molecule has 8 heteroatoms. The predicted molar refractivity (Wildman–Crippen MR) is 98.7 cm³/mol. The number of halogens is 1. The highest BCUT2D eigenvalue weighted by atomic mass is 35.5. The van der Waals surface area contributed by atoms with Crippen molar-refractivity contribution in [3.05, 3.63) is 70.2 Å². The Balaban J connectivity index is 2.08. The lowest BCUT2D eigenvalue weighted by Gasteiger charge is -2.22. The van der Waals surface area contributed by atoms with Crippen molar-refractivity contribution >= 4 is 29.4 Å². The van der Waals surface area contributed by atoms with Gasteiger partial charge in [-0.25, -0.2) is 9.59 Å². The van der Waals surface area contributed by atoms with Crippen LogP contribution in [0.15, 0.2) is 53.6 Å². The van der Waals surface area contributed by atoms with Crippen LogP contribution in [0.4, 0.5) is 4.79 Å². The minimum atomic E-state index is -2.09. The fourth-order valence-electron chi connectivity index (χ4n) is 3.02. The maximum absolute atomic E-state index is 12.3. The lowest BCUT2D eigenvalue weighted by atomic mass is 9.99. The lowest BCUT2D eigenvalue weighted by Crippen LogP contribution is -2.47. The summed E-state index contributed by atoms with van der Waals surface area (Å²) in [6.45, 7) is -0.0418. The summed E-state index contributed by atoms with van der Waals surface area (Å²) in [6.07, 6.45) is -1.42. The summed E-state index contributed by atoms with van der Waals surface area (Å²) in [5, 5.41) is 25.8. The van der Waals surface area contributed by atoms with E-state index in [0.717, 1.165) is 12.1 Å². The molecule has 2 aromatic carbocycles. The van der Waals surface area contributed by atoms with Gasteiger partial charge in [-0.2, -0.15) is 10.1 Å². The molecule has 7 nitrogen and oxygen atoms in total. The van der Waals surface area contributed by atoms with E-state index in [1.807, 2.05) is 6.07 Å². The normalized spacial score (nSPS) is 19.6. The second-order valence-electron chi connectivity index (χ2n) is 6.10. The molecule has 0 radical (unpaired) electrons. The van der Waals surface area contributed by atoms with Crippen LogP contribution >= 0.6 is 11.6 Å². The molecule has 27 heavy (non-hydrogen) atoms. The molecule has 1 aliphatic carbocycles. The Morgan fingerprint density at radius 3 is 2.59 bits per heavy atom. The number of carbonyl (C=O) groups is 2. The number of rotatable bonds is 4. The van der Waals surface area contributed by atoms with E-state index in [1.54, 1.807) is 42.5 Å². The van der Waals surface area contributed by atoms with E-state index in [4.69, 9.17) is 16.3 Å². The standard InChI is InChI=1S/C19H17ClN2O5/c1-27-17(23)19(26)10-13-9-14(20)7-8-15(13)16(19)21-22(18(24)25)11-12-5-3-2-4-6-12/h2-9,26H,10-11H2,1H3,(H,24,25)/b21-16+. The van der Waals surface area contributed by atoms with E-state index in [-0.39, 0.29) is 18.7 Å². The molecular formula is C19H17ClN2O5. The molecule has 1 amide bonds. The zero-order chi connectivity index (χ0) is 19.6. The molecular weight excluding hydrogens is 372 g/mol. The number of amides is 1. The fourth-order valence-corrected chi connectivity index (χ4v) is 3.21. The maximum atomic E-state index is 12.3. The first-order chi connectivity index (χ1) is 12.8. The highest BCUT2D eigenvalue weighted by Crippen LogP contribution is 2.34. The van der Waals surface area contributed by atoms with Crippen LogP contribution in [-0.2, 0) is 22.5 Å². The number of nitrogens with zero attached hydrogens (tertiary/aromatic N) is 2. The van der Waals surface area contributed by atoms with Crippen molar-refractivity contribution in [1.82, 2.24) is 5.01 Å². The summed E-state index contributed by atoms with van der Waals surface area (Å²) in [4.78, 5) is 24.0. The number of carbonyl (C=O) groups excluding carboxylic acids is 1. The third-order valence-electron chi connectivity index (χ3n) is 4.30. The molecule has 0 fully saturated rings. The van der Waals surface area contributed by atoms with Crippen molar-refractivity contribution in [1.29, 1.82) is 0 Å². The van der Waals surface area contributed by atoms with E-state index < -0.39 is 17.7 Å². The molecule has 2 N–H and O–H groups in total. The quantitative estimate of drug-likeness (QED) is 0.619. The van der Waals surface area contributed by atoms with Crippen molar-refractivity contribution in [2.75, 3.05) is 7.11 Å². The van der Waals surface area contributed by atoms with E-state index in [1.165, 1.54) is 0 Å². The van der Waals surface area contributed by atoms with Gasteiger partial charge in [-0.15, -0.1) is 0 Å². The number of esters is 1. The molecule has 0 saturated carbocycles. The number of hydrazone groups is 1. The van der Waals surface area contributed by atoms with Crippen LogP contribution in [0.25, 0.3) is 0 Å². The molecule has 1 unspecified atom stereocenters. The molecule has 140 valence electrons.